The monoisotopic (exact) mass is 427 g/mol. The first kappa shape index (κ1) is 20.0. The lowest BCUT2D eigenvalue weighted by Crippen LogP contribution is -2.37. The number of carbonyl (C=O) groups excluding carboxylic acids is 1. The van der Waals surface area contributed by atoms with Gasteiger partial charge in [0.15, 0.2) is 0 Å². The minimum Gasteiger partial charge on any atom is -0.411 e. The molecule has 2 heterocycles. The van der Waals surface area contributed by atoms with Gasteiger partial charge in [-0.25, -0.2) is 0 Å². The molecule has 0 spiro atoms. The number of halogens is 1. The fourth-order valence-corrected chi connectivity index (χ4v) is 4.40. The van der Waals surface area contributed by atoms with E-state index in [0.29, 0.717) is 27.9 Å². The van der Waals surface area contributed by atoms with Gasteiger partial charge in [0, 0.05) is 23.2 Å². The first-order valence-electron chi connectivity index (χ1n) is 9.75. The molecule has 1 unspecified atom stereocenters. The quantitative estimate of drug-likeness (QED) is 0.490. The summed E-state index contributed by atoms with van der Waals surface area (Å²) >= 11 is 7.20. The highest BCUT2D eigenvalue weighted by atomic mass is 35.5. The first-order chi connectivity index (χ1) is 14.2. The predicted octanol–water partition coefficient (Wildman–Crippen LogP) is 5.11. The maximum atomic E-state index is 12.8. The third-order valence-corrected chi connectivity index (χ3v) is 6.18. The first-order valence-corrected chi connectivity index (χ1v) is 11.1. The van der Waals surface area contributed by atoms with Crippen molar-refractivity contribution in [1.82, 2.24) is 15.1 Å². The summed E-state index contributed by atoms with van der Waals surface area (Å²) in [5, 5.41) is 9.17. The summed E-state index contributed by atoms with van der Waals surface area (Å²) in [7, 11) is 0. The Kier molecular flexibility index (Phi) is 6.52. The van der Waals surface area contributed by atoms with Crippen molar-refractivity contribution < 1.29 is 9.21 Å². The topological polar surface area (TPSA) is 59.2 Å². The van der Waals surface area contributed by atoms with Crippen molar-refractivity contribution in [3.05, 3.63) is 65.2 Å². The van der Waals surface area contributed by atoms with Gasteiger partial charge in [-0.05, 0) is 55.5 Å². The normalized spacial score (nSPS) is 16.3. The fraction of sp³-hybridized carbons (Fsp3) is 0.318. The van der Waals surface area contributed by atoms with Crippen LogP contribution in [0.1, 0.15) is 24.8 Å². The average Bonchev–Trinajstić information content (AvgIpc) is 3.41. The number of nitrogens with zero attached hydrogens (tertiary/aromatic N) is 3. The molecule has 1 aromatic heterocycles. The van der Waals surface area contributed by atoms with Crippen LogP contribution in [-0.4, -0.2) is 39.3 Å². The van der Waals surface area contributed by atoms with Gasteiger partial charge in [0.25, 0.3) is 5.22 Å². The number of benzene rings is 2. The van der Waals surface area contributed by atoms with E-state index in [4.69, 9.17) is 16.0 Å². The molecule has 1 atom stereocenters. The third-order valence-electron chi connectivity index (χ3n) is 5.12. The summed E-state index contributed by atoms with van der Waals surface area (Å²) < 4.78 is 5.68. The molecule has 150 valence electrons. The predicted molar refractivity (Wildman–Crippen MR) is 115 cm³/mol. The Labute approximate surface area is 179 Å². The van der Waals surface area contributed by atoms with Crippen LogP contribution in [0.3, 0.4) is 0 Å². The van der Waals surface area contributed by atoms with Crippen molar-refractivity contribution in [2.45, 2.75) is 36.9 Å². The summed E-state index contributed by atoms with van der Waals surface area (Å²) in [6, 6.07) is 18.0. The van der Waals surface area contributed by atoms with E-state index in [1.807, 2.05) is 23.1 Å². The van der Waals surface area contributed by atoms with Gasteiger partial charge in [0.2, 0.25) is 11.8 Å². The zero-order valence-electron chi connectivity index (χ0n) is 16.0. The lowest BCUT2D eigenvalue weighted by atomic mass is 10.0. The van der Waals surface area contributed by atoms with Crippen LogP contribution in [0, 0.1) is 0 Å². The number of amides is 1. The minimum absolute atomic E-state index is 0.136. The zero-order chi connectivity index (χ0) is 20.1. The number of aromatic nitrogens is 2. The molecule has 0 bridgehead atoms. The van der Waals surface area contributed by atoms with Gasteiger partial charge in [-0.1, -0.05) is 53.7 Å². The standard InChI is InChI=1S/C22H22ClN3O2S/c23-18-11-9-17(10-12-18)21-24-25-22(28-21)29-15-20(27)26-14-4-7-19(26)13-8-16-5-2-1-3-6-16/h1-3,5-6,9-12,19H,4,7-8,13-15H2. The Balaban J connectivity index is 1.30. The minimum atomic E-state index is 0.136. The summed E-state index contributed by atoms with van der Waals surface area (Å²) in [6.45, 7) is 0.832. The number of hydrogen-bond acceptors (Lipinski definition) is 5. The number of likely N-dealkylation sites (tertiary alicyclic amines) is 1. The van der Waals surface area contributed by atoms with E-state index < -0.39 is 0 Å². The van der Waals surface area contributed by atoms with Crippen molar-refractivity contribution in [2.24, 2.45) is 0 Å². The van der Waals surface area contributed by atoms with E-state index in [0.717, 1.165) is 37.8 Å². The molecule has 5 nitrogen and oxygen atoms in total. The molecule has 3 aromatic rings. The number of rotatable bonds is 7. The van der Waals surface area contributed by atoms with Crippen LogP contribution in [0.4, 0.5) is 0 Å². The molecule has 7 heteroatoms. The van der Waals surface area contributed by atoms with Crippen molar-refractivity contribution in [1.29, 1.82) is 0 Å². The van der Waals surface area contributed by atoms with Gasteiger partial charge in [-0.15, -0.1) is 10.2 Å². The van der Waals surface area contributed by atoms with Crippen LogP contribution in [-0.2, 0) is 11.2 Å². The molecule has 0 aliphatic carbocycles. The molecule has 1 saturated heterocycles. The van der Waals surface area contributed by atoms with Crippen LogP contribution in [0.2, 0.25) is 5.02 Å². The molecule has 1 aliphatic rings. The summed E-state index contributed by atoms with van der Waals surface area (Å²) in [5.41, 5.74) is 2.13. The maximum Gasteiger partial charge on any atom is 0.277 e. The van der Waals surface area contributed by atoms with E-state index in [2.05, 4.69) is 34.5 Å². The van der Waals surface area contributed by atoms with Crippen LogP contribution in [0.5, 0.6) is 0 Å². The largest absolute Gasteiger partial charge is 0.411 e. The lowest BCUT2D eigenvalue weighted by Gasteiger charge is -2.24. The Bertz CT molecular complexity index is 946. The molecule has 0 saturated carbocycles. The van der Waals surface area contributed by atoms with Crippen LogP contribution in [0.25, 0.3) is 11.5 Å². The smallest absolute Gasteiger partial charge is 0.277 e. The third kappa shape index (κ3) is 5.19. The van der Waals surface area contributed by atoms with Crippen molar-refractivity contribution >= 4 is 29.3 Å². The number of thioether (sulfide) groups is 1. The summed E-state index contributed by atoms with van der Waals surface area (Å²) in [4.78, 5) is 14.8. The van der Waals surface area contributed by atoms with Gasteiger partial charge < -0.3 is 9.32 Å². The van der Waals surface area contributed by atoms with Crippen molar-refractivity contribution in [3.63, 3.8) is 0 Å². The molecule has 0 N–H and O–H groups in total. The van der Waals surface area contributed by atoms with E-state index in [1.54, 1.807) is 12.1 Å². The number of aryl methyl sites for hydroxylation is 1. The number of hydrogen-bond donors (Lipinski definition) is 0. The van der Waals surface area contributed by atoms with Gasteiger partial charge >= 0.3 is 0 Å². The van der Waals surface area contributed by atoms with Crippen LogP contribution >= 0.6 is 23.4 Å². The molecular weight excluding hydrogens is 406 g/mol. The van der Waals surface area contributed by atoms with Crippen LogP contribution in [0.15, 0.2) is 64.2 Å². The number of carbonyl (C=O) groups is 1. The van der Waals surface area contributed by atoms with Gasteiger partial charge in [0.1, 0.15) is 0 Å². The van der Waals surface area contributed by atoms with E-state index in [1.165, 1.54) is 17.3 Å². The highest BCUT2D eigenvalue weighted by Gasteiger charge is 2.28. The maximum absolute atomic E-state index is 12.8. The van der Waals surface area contributed by atoms with Crippen molar-refractivity contribution in [2.75, 3.05) is 12.3 Å². The SMILES string of the molecule is O=C(CSc1nnc(-c2ccc(Cl)cc2)o1)N1CCCC1CCc1ccccc1. The molecule has 2 aromatic carbocycles. The molecule has 0 radical (unpaired) electrons. The molecular formula is C22H22ClN3O2S. The van der Waals surface area contributed by atoms with E-state index >= 15 is 0 Å². The van der Waals surface area contributed by atoms with E-state index in [-0.39, 0.29) is 5.91 Å². The second-order valence-corrected chi connectivity index (χ2v) is 8.44. The van der Waals surface area contributed by atoms with E-state index in [9.17, 15) is 4.79 Å². The van der Waals surface area contributed by atoms with Gasteiger partial charge in [-0.3, -0.25) is 4.79 Å². The zero-order valence-corrected chi connectivity index (χ0v) is 17.5. The highest BCUT2D eigenvalue weighted by molar-refractivity contribution is 7.99. The second kappa shape index (κ2) is 9.46. The second-order valence-electron chi connectivity index (χ2n) is 7.08. The van der Waals surface area contributed by atoms with Crippen molar-refractivity contribution in [3.8, 4) is 11.5 Å². The Morgan fingerprint density at radius 1 is 1.14 bits per heavy atom. The van der Waals surface area contributed by atoms with Gasteiger partial charge in [-0.2, -0.15) is 0 Å². The lowest BCUT2D eigenvalue weighted by molar-refractivity contribution is -0.129. The molecule has 1 aliphatic heterocycles. The Morgan fingerprint density at radius 3 is 2.72 bits per heavy atom. The Hall–Kier alpha value is -2.31. The summed E-state index contributed by atoms with van der Waals surface area (Å²) in [6.07, 6.45) is 4.14. The molecule has 29 heavy (non-hydrogen) atoms. The van der Waals surface area contributed by atoms with Gasteiger partial charge in [0.05, 0.1) is 5.75 Å². The Morgan fingerprint density at radius 2 is 1.93 bits per heavy atom. The molecule has 1 amide bonds. The summed E-state index contributed by atoms with van der Waals surface area (Å²) in [5.74, 6) is 0.875. The molecule has 4 rings (SSSR count). The molecule has 1 fully saturated rings. The van der Waals surface area contributed by atoms with Crippen LogP contribution < -0.4 is 0 Å². The fourth-order valence-electron chi connectivity index (χ4n) is 3.63. The highest BCUT2D eigenvalue weighted by Crippen LogP contribution is 2.27. The average molecular weight is 428 g/mol.